The molecule has 1 aromatic carbocycles. The van der Waals surface area contributed by atoms with Crippen LogP contribution in [0.1, 0.15) is 11.4 Å². The van der Waals surface area contributed by atoms with Crippen molar-refractivity contribution in [3.63, 3.8) is 0 Å². The van der Waals surface area contributed by atoms with Crippen LogP contribution < -0.4 is 0 Å². The van der Waals surface area contributed by atoms with E-state index in [-0.39, 0.29) is 11.5 Å². The lowest BCUT2D eigenvalue weighted by Gasteiger charge is -1.96. The van der Waals surface area contributed by atoms with Gasteiger partial charge in [0.15, 0.2) is 5.82 Å². The first kappa shape index (κ1) is 11.7. The van der Waals surface area contributed by atoms with Crippen LogP contribution in [0.25, 0.3) is 10.8 Å². The van der Waals surface area contributed by atoms with Crippen LogP contribution in [0.5, 0.6) is 11.5 Å². The molecule has 19 heavy (non-hydrogen) atoms. The van der Waals surface area contributed by atoms with Gasteiger partial charge >= 0.3 is 0 Å². The van der Waals surface area contributed by atoms with E-state index in [0.29, 0.717) is 23.0 Å². The predicted molar refractivity (Wildman–Crippen MR) is 70.2 cm³/mol. The molecule has 96 valence electrons. The first-order valence-corrected chi connectivity index (χ1v) is 6.47. The second-order valence-corrected chi connectivity index (χ2v) is 4.91. The summed E-state index contributed by atoms with van der Waals surface area (Å²) in [5.74, 6) is 1.22. The molecular weight excluding hydrogens is 264 g/mol. The molecule has 0 radical (unpaired) electrons. The third-order valence-electron chi connectivity index (χ3n) is 2.61. The molecule has 0 saturated heterocycles. The maximum Gasteiger partial charge on any atom is 0.271 e. The Morgan fingerprint density at radius 3 is 2.58 bits per heavy atom. The fourth-order valence-corrected chi connectivity index (χ4v) is 2.38. The molecule has 0 aliphatic rings. The number of aromatic hydroxyl groups is 2. The molecule has 0 aliphatic heterocycles. The van der Waals surface area contributed by atoms with Gasteiger partial charge in [0.1, 0.15) is 16.4 Å². The first-order valence-electron chi connectivity index (χ1n) is 5.60. The Hall–Kier alpha value is -2.34. The van der Waals surface area contributed by atoms with Gasteiger partial charge in [0.2, 0.25) is 0 Å². The average Bonchev–Trinajstić information content (AvgIpc) is 3.01. The normalized spacial score (nSPS) is 10.7. The van der Waals surface area contributed by atoms with Crippen molar-refractivity contribution in [3.05, 3.63) is 47.1 Å². The Balaban J connectivity index is 1.82. The number of nitrogens with zero attached hydrogens (tertiary/aromatic N) is 2. The zero-order valence-corrected chi connectivity index (χ0v) is 10.6. The molecule has 3 aromatic rings. The summed E-state index contributed by atoms with van der Waals surface area (Å²) >= 11 is 1.34. The van der Waals surface area contributed by atoms with E-state index < -0.39 is 0 Å². The molecule has 0 saturated carbocycles. The van der Waals surface area contributed by atoms with E-state index in [9.17, 15) is 10.2 Å². The van der Waals surface area contributed by atoms with Gasteiger partial charge in [-0.1, -0.05) is 17.3 Å². The highest BCUT2D eigenvalue weighted by molar-refractivity contribution is 7.13. The van der Waals surface area contributed by atoms with Gasteiger partial charge in [0.05, 0.1) is 0 Å². The maximum absolute atomic E-state index is 9.59. The van der Waals surface area contributed by atoms with E-state index in [1.807, 2.05) is 0 Å². The van der Waals surface area contributed by atoms with E-state index >= 15 is 0 Å². The van der Waals surface area contributed by atoms with Crippen LogP contribution in [0.2, 0.25) is 0 Å². The van der Waals surface area contributed by atoms with Crippen molar-refractivity contribution in [1.82, 2.24) is 10.1 Å². The number of phenols is 1. The maximum atomic E-state index is 9.59. The Labute approximate surface area is 112 Å². The third-order valence-corrected chi connectivity index (χ3v) is 3.50. The molecule has 0 atom stereocenters. The van der Waals surface area contributed by atoms with Crippen molar-refractivity contribution in [1.29, 1.82) is 0 Å². The molecule has 5 nitrogen and oxygen atoms in total. The Morgan fingerprint density at radius 1 is 1.11 bits per heavy atom. The van der Waals surface area contributed by atoms with Gasteiger partial charge in [-0.25, -0.2) is 0 Å². The summed E-state index contributed by atoms with van der Waals surface area (Å²) in [6, 6.07) is 8.41. The molecule has 0 unspecified atom stereocenters. The van der Waals surface area contributed by atoms with Crippen LogP contribution in [0.3, 0.4) is 0 Å². The quantitative estimate of drug-likeness (QED) is 0.767. The topological polar surface area (TPSA) is 79.4 Å². The van der Waals surface area contributed by atoms with Gasteiger partial charge in [-0.2, -0.15) is 4.98 Å². The SMILES string of the molecule is Oc1ccc(Cc2noc(-c3sccc3O)n2)cc1. The summed E-state index contributed by atoms with van der Waals surface area (Å²) in [6.07, 6.45) is 0.510. The van der Waals surface area contributed by atoms with Crippen molar-refractivity contribution < 1.29 is 14.7 Å². The Bertz CT molecular complexity index is 688. The number of aromatic nitrogens is 2. The largest absolute Gasteiger partial charge is 0.508 e. The van der Waals surface area contributed by atoms with Crippen molar-refractivity contribution in [2.45, 2.75) is 6.42 Å². The summed E-state index contributed by atoms with van der Waals surface area (Å²) < 4.78 is 5.13. The van der Waals surface area contributed by atoms with Gasteiger partial charge < -0.3 is 14.7 Å². The second kappa shape index (κ2) is 4.74. The molecule has 0 bridgehead atoms. The van der Waals surface area contributed by atoms with Crippen LogP contribution in [-0.4, -0.2) is 20.4 Å². The molecule has 0 amide bonds. The van der Waals surface area contributed by atoms with Gasteiger partial charge in [-0.15, -0.1) is 11.3 Å². The highest BCUT2D eigenvalue weighted by Gasteiger charge is 2.14. The highest BCUT2D eigenvalue weighted by Crippen LogP contribution is 2.33. The van der Waals surface area contributed by atoms with Crippen molar-refractivity contribution >= 4 is 11.3 Å². The minimum absolute atomic E-state index is 0.143. The number of hydrogen-bond donors (Lipinski definition) is 2. The van der Waals surface area contributed by atoms with E-state index in [1.54, 1.807) is 35.7 Å². The number of thiophene rings is 1. The fraction of sp³-hybridized carbons (Fsp3) is 0.0769. The van der Waals surface area contributed by atoms with Crippen molar-refractivity contribution in [3.8, 4) is 22.3 Å². The summed E-state index contributed by atoms with van der Waals surface area (Å²) in [5.41, 5.74) is 0.973. The van der Waals surface area contributed by atoms with E-state index in [4.69, 9.17) is 4.52 Å². The van der Waals surface area contributed by atoms with Gasteiger partial charge in [-0.05, 0) is 29.1 Å². The number of hydrogen-bond acceptors (Lipinski definition) is 6. The monoisotopic (exact) mass is 274 g/mol. The van der Waals surface area contributed by atoms with E-state index in [1.165, 1.54) is 11.3 Å². The molecule has 2 aromatic heterocycles. The molecular formula is C13H10N2O3S. The predicted octanol–water partition coefficient (Wildman–Crippen LogP) is 2.80. The standard InChI is InChI=1S/C13H10N2O3S/c16-9-3-1-8(2-4-9)7-11-14-13(18-15-11)12-10(17)5-6-19-12/h1-6,16-17H,7H2. The molecule has 0 aliphatic carbocycles. The first-order chi connectivity index (χ1) is 9.22. The lowest BCUT2D eigenvalue weighted by Crippen LogP contribution is -1.90. The Morgan fingerprint density at radius 2 is 1.89 bits per heavy atom. The third kappa shape index (κ3) is 2.43. The van der Waals surface area contributed by atoms with Crippen LogP contribution in [0.15, 0.2) is 40.2 Å². The van der Waals surface area contributed by atoms with Gasteiger partial charge in [0.25, 0.3) is 5.89 Å². The van der Waals surface area contributed by atoms with Crippen LogP contribution in [0.4, 0.5) is 0 Å². The van der Waals surface area contributed by atoms with Crippen molar-refractivity contribution in [2.75, 3.05) is 0 Å². The van der Waals surface area contributed by atoms with Crippen molar-refractivity contribution in [2.24, 2.45) is 0 Å². The molecule has 2 N–H and O–H groups in total. The molecule has 0 fully saturated rings. The molecule has 2 heterocycles. The number of rotatable bonds is 3. The minimum Gasteiger partial charge on any atom is -0.508 e. The smallest absolute Gasteiger partial charge is 0.271 e. The minimum atomic E-state index is 0.143. The van der Waals surface area contributed by atoms with Gasteiger partial charge in [0, 0.05) is 6.42 Å². The van der Waals surface area contributed by atoms with Gasteiger partial charge in [-0.3, -0.25) is 0 Å². The number of benzene rings is 1. The summed E-state index contributed by atoms with van der Waals surface area (Å²) in [7, 11) is 0. The lowest BCUT2D eigenvalue weighted by atomic mass is 10.1. The number of phenolic OH excluding ortho intramolecular Hbond substituents is 1. The highest BCUT2D eigenvalue weighted by atomic mass is 32.1. The van der Waals surface area contributed by atoms with Crippen LogP contribution in [-0.2, 0) is 6.42 Å². The summed E-state index contributed by atoms with van der Waals surface area (Å²) in [4.78, 5) is 4.81. The summed E-state index contributed by atoms with van der Waals surface area (Å²) in [6.45, 7) is 0. The molecule has 0 spiro atoms. The van der Waals surface area contributed by atoms with E-state index in [0.717, 1.165) is 5.56 Å². The zero-order chi connectivity index (χ0) is 13.2. The fourth-order valence-electron chi connectivity index (χ4n) is 1.68. The van der Waals surface area contributed by atoms with Crippen LogP contribution >= 0.6 is 11.3 Å². The second-order valence-electron chi connectivity index (χ2n) is 3.99. The van der Waals surface area contributed by atoms with Crippen LogP contribution in [0, 0.1) is 0 Å². The van der Waals surface area contributed by atoms with E-state index in [2.05, 4.69) is 10.1 Å². The Kier molecular flexibility index (Phi) is 2.92. The molecule has 3 rings (SSSR count). The zero-order valence-electron chi connectivity index (χ0n) is 9.78. The average molecular weight is 274 g/mol. The lowest BCUT2D eigenvalue weighted by molar-refractivity contribution is 0.420. The molecule has 6 heteroatoms. The summed E-state index contributed by atoms with van der Waals surface area (Å²) in [5, 5.41) is 24.4.